The van der Waals surface area contributed by atoms with E-state index in [0.717, 1.165) is 37.3 Å². The Balaban J connectivity index is 1.18. The van der Waals surface area contributed by atoms with Crippen molar-refractivity contribution >= 4 is 23.7 Å². The maximum Gasteiger partial charge on any atom is 0.286 e. The van der Waals surface area contributed by atoms with Crippen molar-refractivity contribution in [1.29, 1.82) is 0 Å². The Hall–Kier alpha value is -3.55. The number of aromatic nitrogens is 1. The van der Waals surface area contributed by atoms with E-state index in [0.29, 0.717) is 31.0 Å². The van der Waals surface area contributed by atoms with Gasteiger partial charge in [-0.05, 0) is 43.5 Å². The number of pyridine rings is 1. The Morgan fingerprint density at radius 2 is 1.91 bits per heavy atom. The molecule has 2 saturated heterocycles. The van der Waals surface area contributed by atoms with Crippen LogP contribution in [0.3, 0.4) is 0 Å². The molecule has 3 fully saturated rings. The first-order valence-electron chi connectivity index (χ1n) is 11.9. The minimum Gasteiger partial charge on any atom is -0.496 e. The molecule has 178 valence electrons. The lowest BCUT2D eigenvalue weighted by Crippen LogP contribution is -2.56. The highest BCUT2D eigenvalue weighted by molar-refractivity contribution is 5.97. The van der Waals surface area contributed by atoms with E-state index >= 15 is 0 Å². The second-order valence-electron chi connectivity index (χ2n) is 9.00. The van der Waals surface area contributed by atoms with E-state index in [9.17, 15) is 9.59 Å². The van der Waals surface area contributed by atoms with E-state index in [1.807, 2.05) is 47.4 Å². The number of nitrogens with zero attached hydrogens (tertiary/aromatic N) is 3. The quantitative estimate of drug-likeness (QED) is 0.703. The van der Waals surface area contributed by atoms with Gasteiger partial charge in [0.15, 0.2) is 5.76 Å². The lowest BCUT2D eigenvalue weighted by Gasteiger charge is -2.42. The molecule has 0 bridgehead atoms. The summed E-state index contributed by atoms with van der Waals surface area (Å²) in [6.07, 6.45) is 5.50. The van der Waals surface area contributed by atoms with Crippen molar-refractivity contribution in [2.24, 2.45) is 5.92 Å². The average Bonchev–Trinajstić information content (AvgIpc) is 2.89. The van der Waals surface area contributed by atoms with Gasteiger partial charge in [-0.25, -0.2) is 4.98 Å². The molecule has 3 aliphatic rings. The number of carbonyl (C=O) groups is 2. The van der Waals surface area contributed by atoms with E-state index in [4.69, 9.17) is 9.47 Å². The smallest absolute Gasteiger partial charge is 0.286 e. The summed E-state index contributed by atoms with van der Waals surface area (Å²) in [6, 6.07) is 13.3. The van der Waals surface area contributed by atoms with Crippen LogP contribution in [0.4, 0.5) is 5.82 Å². The summed E-state index contributed by atoms with van der Waals surface area (Å²) >= 11 is 0. The molecule has 2 amide bonds. The third kappa shape index (κ3) is 4.58. The van der Waals surface area contributed by atoms with Crippen molar-refractivity contribution < 1.29 is 19.1 Å². The molecule has 0 radical (unpaired) electrons. The number of hydrogen-bond acceptors (Lipinski definition) is 6. The van der Waals surface area contributed by atoms with Crippen LogP contribution in [0.2, 0.25) is 0 Å². The highest BCUT2D eigenvalue weighted by Gasteiger charge is 2.41. The van der Waals surface area contributed by atoms with Gasteiger partial charge in [0.25, 0.3) is 5.91 Å². The van der Waals surface area contributed by atoms with Crippen LogP contribution >= 0.6 is 0 Å². The molecule has 1 aromatic carbocycles. The summed E-state index contributed by atoms with van der Waals surface area (Å²) in [4.78, 5) is 34.6. The normalized spacial score (nSPS) is 25.9. The SMILES string of the molecule is COc1ccccc1/C=C1\OC2CCC(C(=O)N3CCN(c4ccccn4)CC3)CC2NC1=O. The van der Waals surface area contributed by atoms with E-state index in [1.165, 1.54) is 0 Å². The molecule has 2 aliphatic heterocycles. The number of benzene rings is 1. The fraction of sp³-hybridized carbons (Fsp3) is 0.423. The molecular weight excluding hydrogens is 432 g/mol. The van der Waals surface area contributed by atoms with Crippen LogP contribution in [0.15, 0.2) is 54.4 Å². The summed E-state index contributed by atoms with van der Waals surface area (Å²) in [6.45, 7) is 2.93. The summed E-state index contributed by atoms with van der Waals surface area (Å²) in [5, 5.41) is 3.08. The fourth-order valence-electron chi connectivity index (χ4n) is 5.10. The van der Waals surface area contributed by atoms with Gasteiger partial charge in [0, 0.05) is 43.9 Å². The number of piperazine rings is 1. The predicted molar refractivity (Wildman–Crippen MR) is 128 cm³/mol. The Bertz CT molecular complexity index is 1070. The third-order valence-electron chi connectivity index (χ3n) is 6.94. The minimum absolute atomic E-state index is 0.0914. The van der Waals surface area contributed by atoms with E-state index in [-0.39, 0.29) is 29.9 Å². The van der Waals surface area contributed by atoms with Gasteiger partial charge in [0.05, 0.1) is 13.2 Å². The molecule has 5 rings (SSSR count). The Kier molecular flexibility index (Phi) is 6.38. The summed E-state index contributed by atoms with van der Waals surface area (Å²) in [7, 11) is 1.60. The molecule has 34 heavy (non-hydrogen) atoms. The number of rotatable bonds is 4. The summed E-state index contributed by atoms with van der Waals surface area (Å²) in [5.74, 6) is 1.78. The van der Waals surface area contributed by atoms with Crippen molar-refractivity contribution in [3.05, 3.63) is 60.0 Å². The fourth-order valence-corrected chi connectivity index (χ4v) is 5.10. The van der Waals surface area contributed by atoms with E-state index < -0.39 is 0 Å². The standard InChI is InChI=1S/C26H30N4O4/c1-33-21-7-3-2-6-18(21)17-23-25(31)28-20-16-19(9-10-22(20)34-23)26(32)30-14-12-29(13-15-30)24-8-4-5-11-27-24/h2-8,11,17,19-20,22H,9-10,12-16H2,1H3,(H,28,31)/b23-17-. The molecule has 8 nitrogen and oxygen atoms in total. The van der Waals surface area contributed by atoms with Gasteiger partial charge in [-0.15, -0.1) is 0 Å². The van der Waals surface area contributed by atoms with Gasteiger partial charge in [0.2, 0.25) is 5.91 Å². The first-order chi connectivity index (χ1) is 16.6. The molecule has 3 heterocycles. The van der Waals surface area contributed by atoms with Crippen LogP contribution in [-0.4, -0.2) is 67.1 Å². The molecule has 1 aromatic heterocycles. The molecule has 8 heteroatoms. The Labute approximate surface area is 199 Å². The highest BCUT2D eigenvalue weighted by atomic mass is 16.5. The number of methoxy groups -OCH3 is 1. The summed E-state index contributed by atoms with van der Waals surface area (Å²) < 4.78 is 11.5. The zero-order chi connectivity index (χ0) is 23.5. The Morgan fingerprint density at radius 1 is 1.12 bits per heavy atom. The molecule has 1 aliphatic carbocycles. The lowest BCUT2D eigenvalue weighted by molar-refractivity contribution is -0.141. The number of anilines is 1. The van der Waals surface area contributed by atoms with Gasteiger partial charge in [0.1, 0.15) is 17.7 Å². The first-order valence-corrected chi connectivity index (χ1v) is 11.9. The second-order valence-corrected chi connectivity index (χ2v) is 9.00. The van der Waals surface area contributed by atoms with Crippen molar-refractivity contribution in [3.63, 3.8) is 0 Å². The number of carbonyl (C=O) groups excluding carboxylic acids is 2. The number of hydrogen-bond donors (Lipinski definition) is 1. The molecule has 1 saturated carbocycles. The maximum absolute atomic E-state index is 13.2. The van der Waals surface area contributed by atoms with Crippen LogP contribution < -0.4 is 15.0 Å². The second kappa shape index (κ2) is 9.75. The molecule has 3 atom stereocenters. The van der Waals surface area contributed by atoms with E-state index in [1.54, 1.807) is 19.4 Å². The van der Waals surface area contributed by atoms with Crippen LogP contribution in [0, 0.1) is 5.92 Å². The third-order valence-corrected chi connectivity index (χ3v) is 6.94. The molecule has 3 unspecified atom stereocenters. The number of ether oxygens (including phenoxy) is 2. The molecule has 0 spiro atoms. The highest BCUT2D eigenvalue weighted by Crippen LogP contribution is 2.33. The molecule has 2 aromatic rings. The number of para-hydroxylation sites is 1. The topological polar surface area (TPSA) is 84.0 Å². The van der Waals surface area contributed by atoms with E-state index in [2.05, 4.69) is 15.2 Å². The number of fused-ring (bicyclic) bond motifs is 1. The van der Waals surface area contributed by atoms with Crippen molar-refractivity contribution in [2.45, 2.75) is 31.4 Å². The van der Waals surface area contributed by atoms with Gasteiger partial charge in [-0.3, -0.25) is 9.59 Å². The Morgan fingerprint density at radius 3 is 2.68 bits per heavy atom. The van der Waals surface area contributed by atoms with Crippen LogP contribution in [0.1, 0.15) is 24.8 Å². The van der Waals surface area contributed by atoms with Gasteiger partial charge in [-0.1, -0.05) is 24.3 Å². The van der Waals surface area contributed by atoms with Crippen molar-refractivity contribution in [1.82, 2.24) is 15.2 Å². The minimum atomic E-state index is -0.246. The van der Waals surface area contributed by atoms with Gasteiger partial charge >= 0.3 is 0 Å². The molecule has 1 N–H and O–H groups in total. The van der Waals surface area contributed by atoms with Gasteiger partial charge < -0.3 is 24.6 Å². The average molecular weight is 463 g/mol. The zero-order valence-electron chi connectivity index (χ0n) is 19.4. The largest absolute Gasteiger partial charge is 0.496 e. The zero-order valence-corrected chi connectivity index (χ0v) is 19.4. The molecular formula is C26H30N4O4. The van der Waals surface area contributed by atoms with Crippen molar-refractivity contribution in [3.8, 4) is 5.75 Å². The number of nitrogens with one attached hydrogen (secondary N) is 1. The first kappa shape index (κ1) is 22.3. The number of morpholine rings is 1. The monoisotopic (exact) mass is 462 g/mol. The van der Waals surface area contributed by atoms with Crippen LogP contribution in [0.25, 0.3) is 6.08 Å². The maximum atomic E-state index is 13.2. The van der Waals surface area contributed by atoms with Crippen LogP contribution in [-0.2, 0) is 14.3 Å². The predicted octanol–water partition coefficient (Wildman–Crippen LogP) is 2.46. The summed E-state index contributed by atoms with van der Waals surface area (Å²) in [5.41, 5.74) is 0.794. The number of amides is 2. The van der Waals surface area contributed by atoms with Crippen LogP contribution in [0.5, 0.6) is 5.75 Å². The van der Waals surface area contributed by atoms with Crippen molar-refractivity contribution in [2.75, 3.05) is 38.2 Å². The van der Waals surface area contributed by atoms with Gasteiger partial charge in [-0.2, -0.15) is 0 Å². The lowest BCUT2D eigenvalue weighted by atomic mass is 9.82.